The Morgan fingerprint density at radius 2 is 1.72 bits per heavy atom. The highest BCUT2D eigenvalue weighted by atomic mass is 35.5. The molecule has 3 rings (SSSR count). The van der Waals surface area contributed by atoms with Gasteiger partial charge in [-0.05, 0) is 55.0 Å². The fraction of sp³-hybridized carbons (Fsp3) is 0.208. The molecule has 1 heterocycles. The van der Waals surface area contributed by atoms with E-state index >= 15 is 0 Å². The number of carbonyl (C=O) groups excluding carboxylic acids is 3. The number of hydrogen-bond donors (Lipinski definition) is 2. The molecular weight excluding hydrogens is 509 g/mol. The zero-order valence-electron chi connectivity index (χ0n) is 18.8. The highest BCUT2D eigenvalue weighted by molar-refractivity contribution is 6.31. The maximum atomic E-state index is 14.0. The Bertz CT molecular complexity index is 1370. The van der Waals surface area contributed by atoms with E-state index in [1.54, 1.807) is 6.92 Å². The Morgan fingerprint density at radius 1 is 1.06 bits per heavy atom. The van der Waals surface area contributed by atoms with Crippen LogP contribution in [0.5, 0.6) is 0 Å². The summed E-state index contributed by atoms with van der Waals surface area (Å²) in [5, 5.41) is 2.49. The molecule has 0 spiro atoms. The van der Waals surface area contributed by atoms with E-state index in [0.717, 1.165) is 18.2 Å². The van der Waals surface area contributed by atoms with Crippen LogP contribution in [0.3, 0.4) is 0 Å². The number of Topliss-reactive ketones (excluding diaryl/α,β-unsaturated/α-hetero) is 1. The second-order valence-electron chi connectivity index (χ2n) is 8.05. The number of nitrogens with two attached hydrogens (primary N) is 1. The average molecular weight is 528 g/mol. The Hall–Kier alpha value is -3.73. The van der Waals surface area contributed by atoms with E-state index < -0.39 is 52.5 Å². The monoisotopic (exact) mass is 527 g/mol. The van der Waals surface area contributed by atoms with Crippen molar-refractivity contribution in [3.63, 3.8) is 0 Å². The van der Waals surface area contributed by atoms with Crippen LogP contribution >= 0.6 is 11.6 Å². The molecule has 2 aromatic carbocycles. The number of anilines is 1. The summed E-state index contributed by atoms with van der Waals surface area (Å²) in [6.45, 7) is 2.42. The summed E-state index contributed by atoms with van der Waals surface area (Å²) in [6, 6.07) is 5.98. The molecule has 190 valence electrons. The lowest BCUT2D eigenvalue weighted by molar-refractivity contribution is -0.137. The standard InChI is InChI=1S/C24H19ClF5N3O3/c1-11(34)10-33-20(22(31)35)9-19(21(33)12(2)17-8-15(26)3-4-18(17)25)32-23(36)13-5-14(24(28,29)30)7-16(27)6-13/h3-9,12H,10H2,1-2H3,(H2,31,35)(H,32,36)/t12-/m0/s1. The molecule has 1 atom stereocenters. The van der Waals surface area contributed by atoms with Gasteiger partial charge in [-0.1, -0.05) is 18.5 Å². The first-order valence-electron chi connectivity index (χ1n) is 10.4. The van der Waals surface area contributed by atoms with Gasteiger partial charge in [0.15, 0.2) is 0 Å². The van der Waals surface area contributed by atoms with Gasteiger partial charge in [0.2, 0.25) is 0 Å². The molecule has 0 saturated heterocycles. The Kier molecular flexibility index (Phi) is 7.54. The maximum Gasteiger partial charge on any atom is 0.416 e. The van der Waals surface area contributed by atoms with Gasteiger partial charge in [0.25, 0.3) is 11.8 Å². The van der Waals surface area contributed by atoms with Gasteiger partial charge in [0.05, 0.1) is 17.8 Å². The molecule has 36 heavy (non-hydrogen) atoms. The molecule has 3 N–H and O–H groups in total. The average Bonchev–Trinajstić information content (AvgIpc) is 3.11. The Labute approximate surface area is 206 Å². The number of hydrogen-bond acceptors (Lipinski definition) is 3. The fourth-order valence-electron chi connectivity index (χ4n) is 3.80. The number of nitrogens with one attached hydrogen (secondary N) is 1. The summed E-state index contributed by atoms with van der Waals surface area (Å²) >= 11 is 6.23. The fourth-order valence-corrected chi connectivity index (χ4v) is 4.08. The van der Waals surface area contributed by atoms with Crippen LogP contribution in [0.25, 0.3) is 0 Å². The van der Waals surface area contributed by atoms with Gasteiger partial charge in [-0.15, -0.1) is 0 Å². The van der Waals surface area contributed by atoms with Crippen LogP contribution < -0.4 is 11.1 Å². The van der Waals surface area contributed by atoms with E-state index in [4.69, 9.17) is 17.3 Å². The summed E-state index contributed by atoms with van der Waals surface area (Å²) in [6.07, 6.45) is -4.91. The first-order chi connectivity index (χ1) is 16.7. The molecule has 2 amide bonds. The van der Waals surface area contributed by atoms with Gasteiger partial charge in [0.1, 0.15) is 23.1 Å². The topological polar surface area (TPSA) is 94.2 Å². The van der Waals surface area contributed by atoms with Gasteiger partial charge < -0.3 is 15.6 Å². The molecule has 0 radical (unpaired) electrons. The third-order valence-electron chi connectivity index (χ3n) is 5.34. The number of benzene rings is 2. The largest absolute Gasteiger partial charge is 0.416 e. The number of alkyl halides is 3. The second-order valence-corrected chi connectivity index (χ2v) is 8.46. The van der Waals surface area contributed by atoms with Crippen LogP contribution in [0.2, 0.25) is 5.02 Å². The van der Waals surface area contributed by atoms with Crippen LogP contribution in [-0.2, 0) is 17.5 Å². The van der Waals surface area contributed by atoms with Crippen molar-refractivity contribution < 1.29 is 36.3 Å². The van der Waals surface area contributed by atoms with Crippen molar-refractivity contribution in [1.82, 2.24) is 4.57 Å². The van der Waals surface area contributed by atoms with Gasteiger partial charge in [0, 0.05) is 22.2 Å². The van der Waals surface area contributed by atoms with E-state index in [0.29, 0.717) is 12.1 Å². The lowest BCUT2D eigenvalue weighted by atomic mass is 9.96. The van der Waals surface area contributed by atoms with Crippen molar-refractivity contribution in [1.29, 1.82) is 0 Å². The minimum atomic E-state index is -4.91. The quantitative estimate of drug-likeness (QED) is 0.396. The highest BCUT2D eigenvalue weighted by Crippen LogP contribution is 2.37. The van der Waals surface area contributed by atoms with Crippen molar-refractivity contribution in [3.05, 3.63) is 87.2 Å². The van der Waals surface area contributed by atoms with Gasteiger partial charge in [-0.25, -0.2) is 8.78 Å². The van der Waals surface area contributed by atoms with E-state index in [9.17, 15) is 36.3 Å². The third-order valence-corrected chi connectivity index (χ3v) is 5.69. The van der Waals surface area contributed by atoms with Crippen LogP contribution in [0.15, 0.2) is 42.5 Å². The smallest absolute Gasteiger partial charge is 0.364 e. The molecule has 12 heteroatoms. The molecule has 0 bridgehead atoms. The minimum Gasteiger partial charge on any atom is -0.364 e. The summed E-state index contributed by atoms with van der Waals surface area (Å²) in [7, 11) is 0. The number of amides is 2. The lowest BCUT2D eigenvalue weighted by Gasteiger charge is -2.20. The second kappa shape index (κ2) is 10.1. The van der Waals surface area contributed by atoms with Crippen LogP contribution in [-0.4, -0.2) is 22.2 Å². The van der Waals surface area contributed by atoms with Crippen molar-refractivity contribution in [2.24, 2.45) is 5.73 Å². The lowest BCUT2D eigenvalue weighted by Crippen LogP contribution is -2.22. The van der Waals surface area contributed by atoms with Crippen LogP contribution in [0.4, 0.5) is 27.6 Å². The predicted octanol–water partition coefficient (Wildman–Crippen LogP) is 5.53. The maximum absolute atomic E-state index is 14.0. The molecule has 0 unspecified atom stereocenters. The van der Waals surface area contributed by atoms with Gasteiger partial charge in [-0.2, -0.15) is 13.2 Å². The molecule has 1 aromatic heterocycles. The van der Waals surface area contributed by atoms with Crippen molar-refractivity contribution in [2.45, 2.75) is 32.5 Å². The number of nitrogens with zero attached hydrogens (tertiary/aromatic N) is 1. The summed E-state index contributed by atoms with van der Waals surface area (Å²) in [5.74, 6) is -5.26. The number of halogens is 6. The molecule has 0 aliphatic heterocycles. The highest BCUT2D eigenvalue weighted by Gasteiger charge is 2.32. The molecule has 3 aromatic rings. The normalized spacial score (nSPS) is 12.3. The van der Waals surface area contributed by atoms with Gasteiger partial charge in [-0.3, -0.25) is 14.4 Å². The number of rotatable bonds is 7. The van der Waals surface area contributed by atoms with Crippen LogP contribution in [0, 0.1) is 11.6 Å². The Balaban J connectivity index is 2.17. The van der Waals surface area contributed by atoms with E-state index in [2.05, 4.69) is 5.32 Å². The summed E-state index contributed by atoms with van der Waals surface area (Å²) < 4.78 is 68.4. The molecule has 0 aliphatic rings. The molecule has 0 fully saturated rings. The minimum absolute atomic E-state index is 0.104. The van der Waals surface area contributed by atoms with Gasteiger partial charge >= 0.3 is 6.18 Å². The first kappa shape index (κ1) is 26.9. The summed E-state index contributed by atoms with van der Waals surface area (Å²) in [5.41, 5.74) is 3.45. The SMILES string of the molecule is CC(=O)Cn1c(C(N)=O)cc(NC(=O)c2cc(F)cc(C(F)(F)F)c2)c1[C@@H](C)c1cc(F)ccc1Cl. The zero-order valence-corrected chi connectivity index (χ0v) is 19.6. The third kappa shape index (κ3) is 5.73. The number of carbonyl (C=O) groups is 3. The van der Waals surface area contributed by atoms with Crippen molar-refractivity contribution in [2.75, 3.05) is 5.32 Å². The first-order valence-corrected chi connectivity index (χ1v) is 10.7. The molecule has 0 saturated carbocycles. The molecular formula is C24H19ClF5N3O3. The van der Waals surface area contributed by atoms with Crippen LogP contribution in [0.1, 0.15) is 57.4 Å². The predicted molar refractivity (Wildman–Crippen MR) is 122 cm³/mol. The molecule has 0 aliphatic carbocycles. The van der Waals surface area contributed by atoms with E-state index in [1.807, 2.05) is 0 Å². The van der Waals surface area contributed by atoms with E-state index in [-0.39, 0.29) is 40.3 Å². The zero-order chi connectivity index (χ0) is 26.9. The number of aromatic nitrogens is 1. The Morgan fingerprint density at radius 3 is 2.31 bits per heavy atom. The van der Waals surface area contributed by atoms with Crippen molar-refractivity contribution in [3.8, 4) is 0 Å². The van der Waals surface area contributed by atoms with Crippen molar-refractivity contribution >= 4 is 34.9 Å². The number of primary amides is 1. The summed E-state index contributed by atoms with van der Waals surface area (Å²) in [4.78, 5) is 36.9. The number of ketones is 1. The molecule has 6 nitrogen and oxygen atoms in total. The van der Waals surface area contributed by atoms with E-state index in [1.165, 1.54) is 17.6 Å².